The predicted molar refractivity (Wildman–Crippen MR) is 178 cm³/mol. The number of fused-ring (bicyclic) bond motifs is 9. The van der Waals surface area contributed by atoms with E-state index >= 15 is 0 Å². The lowest BCUT2D eigenvalue weighted by molar-refractivity contribution is 0.606. The first-order chi connectivity index (χ1) is 21.1. The maximum atomic E-state index is 10.5. The maximum Gasteiger partial charge on any atom is 0.143 e. The molecule has 0 aliphatic heterocycles. The number of allylic oxidation sites excluding steroid dienone is 8. The smallest absolute Gasteiger partial charge is 0.143 e. The van der Waals surface area contributed by atoms with Crippen molar-refractivity contribution in [1.82, 2.24) is 4.57 Å². The van der Waals surface area contributed by atoms with Gasteiger partial charge in [-0.15, -0.1) is 0 Å². The molecule has 0 N–H and O–H groups in total. The Labute approximate surface area is 250 Å². The van der Waals surface area contributed by atoms with E-state index in [1.807, 2.05) is 0 Å². The minimum absolute atomic E-state index is 0.0161. The summed E-state index contributed by atoms with van der Waals surface area (Å²) < 4.78 is 9.36. The quantitative estimate of drug-likeness (QED) is 0.214. The Morgan fingerprint density at radius 1 is 0.767 bits per heavy atom. The van der Waals surface area contributed by atoms with Gasteiger partial charge in [0.25, 0.3) is 0 Å². The Bertz CT molecular complexity index is 2320. The first-order valence-electron chi connectivity index (χ1n) is 15.3. The van der Waals surface area contributed by atoms with Gasteiger partial charge in [-0.3, -0.25) is 0 Å². The third-order valence-corrected chi connectivity index (χ3v) is 10.1. The van der Waals surface area contributed by atoms with Gasteiger partial charge in [0.15, 0.2) is 0 Å². The molecule has 0 fully saturated rings. The van der Waals surface area contributed by atoms with Crippen LogP contribution in [-0.4, -0.2) is 4.57 Å². The van der Waals surface area contributed by atoms with E-state index in [0.717, 1.165) is 74.6 Å². The van der Waals surface area contributed by atoms with Gasteiger partial charge in [-0.25, -0.2) is 0 Å². The predicted octanol–water partition coefficient (Wildman–Crippen LogP) is 10.7. The largest absolute Gasteiger partial charge is 0.455 e. The van der Waals surface area contributed by atoms with Crippen molar-refractivity contribution in [3.05, 3.63) is 125 Å². The Balaban J connectivity index is 1.34. The lowest BCUT2D eigenvalue weighted by Crippen LogP contribution is -2.17. The summed E-state index contributed by atoms with van der Waals surface area (Å²) in [6.07, 6.45) is 10.6. The van der Waals surface area contributed by atoms with Crippen LogP contribution in [0.5, 0.6) is 0 Å². The number of nitriles is 1. The highest BCUT2D eigenvalue weighted by molar-refractivity contribution is 6.19. The third-order valence-electron chi connectivity index (χ3n) is 10.1. The maximum absolute atomic E-state index is 10.5. The summed E-state index contributed by atoms with van der Waals surface area (Å²) in [5, 5.41) is 15.2. The van der Waals surface area contributed by atoms with Crippen molar-refractivity contribution < 1.29 is 4.42 Å². The average molecular weight is 555 g/mol. The van der Waals surface area contributed by atoms with Gasteiger partial charge in [0, 0.05) is 49.2 Å². The fourth-order valence-corrected chi connectivity index (χ4v) is 8.09. The summed E-state index contributed by atoms with van der Waals surface area (Å²) in [7, 11) is 0. The molecule has 2 heterocycles. The molecule has 3 aliphatic rings. The van der Waals surface area contributed by atoms with Crippen molar-refractivity contribution in [1.29, 1.82) is 5.26 Å². The second-order valence-corrected chi connectivity index (χ2v) is 12.6. The van der Waals surface area contributed by atoms with Gasteiger partial charge < -0.3 is 8.98 Å². The summed E-state index contributed by atoms with van der Waals surface area (Å²) in [6.45, 7) is 4.70. The third kappa shape index (κ3) is 3.19. The topological polar surface area (TPSA) is 41.9 Å². The molecule has 0 bridgehead atoms. The highest BCUT2D eigenvalue weighted by atomic mass is 16.3. The number of para-hydroxylation sites is 3. The first kappa shape index (κ1) is 24.5. The number of furan rings is 1. The number of hydrogen-bond donors (Lipinski definition) is 0. The second-order valence-electron chi connectivity index (χ2n) is 12.6. The zero-order valence-electron chi connectivity index (χ0n) is 24.4. The summed E-state index contributed by atoms with van der Waals surface area (Å²) in [6, 6.07) is 30.7. The van der Waals surface area contributed by atoms with Gasteiger partial charge in [0.05, 0.1) is 22.8 Å². The fourth-order valence-electron chi connectivity index (χ4n) is 8.09. The SMILES string of the molecule is CC1(C)C2=C(C=CCC2)c2c1ccc1c2oc2c(C3=C(C#N)CCC=C3n3c4ccccc4c4ccccc43)cccc21. The van der Waals surface area contributed by atoms with Crippen molar-refractivity contribution in [3.8, 4) is 6.07 Å². The molecule has 3 aliphatic carbocycles. The van der Waals surface area contributed by atoms with Crippen LogP contribution in [-0.2, 0) is 5.41 Å². The molecule has 3 heteroatoms. The lowest BCUT2D eigenvalue weighted by Gasteiger charge is -2.25. The monoisotopic (exact) mass is 554 g/mol. The minimum atomic E-state index is -0.0161. The van der Waals surface area contributed by atoms with Gasteiger partial charge in [0.1, 0.15) is 11.2 Å². The zero-order valence-corrected chi connectivity index (χ0v) is 24.4. The number of benzene rings is 4. The Morgan fingerprint density at radius 2 is 1.49 bits per heavy atom. The molecule has 3 nitrogen and oxygen atoms in total. The van der Waals surface area contributed by atoms with Crippen molar-refractivity contribution in [3.63, 3.8) is 0 Å². The van der Waals surface area contributed by atoms with E-state index in [0.29, 0.717) is 6.42 Å². The first-order valence-corrected chi connectivity index (χ1v) is 15.3. The van der Waals surface area contributed by atoms with Crippen LogP contribution in [0.2, 0.25) is 0 Å². The van der Waals surface area contributed by atoms with E-state index in [1.165, 1.54) is 33.0 Å². The van der Waals surface area contributed by atoms with Gasteiger partial charge >= 0.3 is 0 Å². The Kier molecular flexibility index (Phi) is 4.97. The van der Waals surface area contributed by atoms with Gasteiger partial charge in [-0.1, -0.05) is 104 Å². The van der Waals surface area contributed by atoms with Gasteiger partial charge in [0.2, 0.25) is 0 Å². The van der Waals surface area contributed by atoms with Crippen molar-refractivity contribution in [2.24, 2.45) is 0 Å². The van der Waals surface area contributed by atoms with E-state index in [1.54, 1.807) is 0 Å². The number of hydrogen-bond acceptors (Lipinski definition) is 2. The summed E-state index contributed by atoms with van der Waals surface area (Å²) >= 11 is 0. The van der Waals surface area contributed by atoms with Crippen LogP contribution in [0.4, 0.5) is 0 Å². The normalized spacial score (nSPS) is 17.7. The lowest BCUT2D eigenvalue weighted by atomic mass is 9.78. The molecule has 0 amide bonds. The molecule has 0 saturated carbocycles. The van der Waals surface area contributed by atoms with Gasteiger partial charge in [-0.05, 0) is 49.0 Å². The van der Waals surface area contributed by atoms with E-state index in [-0.39, 0.29) is 5.41 Å². The molecule has 0 radical (unpaired) electrons. The Hall–Kier alpha value is -5.07. The number of rotatable bonds is 2. The molecule has 206 valence electrons. The van der Waals surface area contributed by atoms with Crippen LogP contribution >= 0.6 is 0 Å². The molecular formula is C40H30N2O. The van der Waals surface area contributed by atoms with Crippen LogP contribution in [0.1, 0.15) is 56.2 Å². The molecule has 4 aromatic carbocycles. The fraction of sp³-hybridized carbons (Fsp3) is 0.175. The molecule has 2 aromatic heterocycles. The summed E-state index contributed by atoms with van der Waals surface area (Å²) in [5.41, 5.74) is 13.3. The standard InChI is InChI=1S/C40H30N2O/c1-40(2)31-17-6-3-14-29(31)37-32(40)22-21-28-27-15-10-16-30(38(27)43-39(28)37)36-24(23-41)11-9-20-35(36)42-33-18-7-4-12-25(33)26-13-5-8-19-34(26)42/h3-5,7-8,10,12-16,18-22H,6,9,11,17H2,1-2H3. The van der Waals surface area contributed by atoms with Crippen LogP contribution in [0.15, 0.2) is 113 Å². The molecule has 0 saturated heterocycles. The summed E-state index contributed by atoms with van der Waals surface area (Å²) in [4.78, 5) is 0. The molecule has 6 aromatic rings. The van der Waals surface area contributed by atoms with Crippen LogP contribution in [0, 0.1) is 11.3 Å². The van der Waals surface area contributed by atoms with Crippen molar-refractivity contribution in [2.45, 2.75) is 44.9 Å². The molecular weight excluding hydrogens is 524 g/mol. The van der Waals surface area contributed by atoms with E-state index in [9.17, 15) is 5.26 Å². The minimum Gasteiger partial charge on any atom is -0.455 e. The van der Waals surface area contributed by atoms with Crippen molar-refractivity contribution in [2.75, 3.05) is 0 Å². The second kappa shape index (κ2) is 8.72. The molecule has 9 rings (SSSR count). The van der Waals surface area contributed by atoms with Gasteiger partial charge in [-0.2, -0.15) is 5.26 Å². The average Bonchev–Trinajstić information content (AvgIpc) is 3.67. The highest BCUT2D eigenvalue weighted by Crippen LogP contribution is 2.54. The summed E-state index contributed by atoms with van der Waals surface area (Å²) in [5.74, 6) is 0. The zero-order chi connectivity index (χ0) is 28.9. The van der Waals surface area contributed by atoms with E-state index in [2.05, 4.69) is 122 Å². The van der Waals surface area contributed by atoms with Crippen LogP contribution < -0.4 is 0 Å². The molecule has 43 heavy (non-hydrogen) atoms. The van der Waals surface area contributed by atoms with Crippen LogP contribution in [0.25, 0.3) is 60.6 Å². The van der Waals surface area contributed by atoms with E-state index in [4.69, 9.17) is 4.42 Å². The molecule has 0 atom stereocenters. The number of nitrogens with zero attached hydrogens (tertiary/aromatic N) is 2. The molecule has 0 unspecified atom stereocenters. The Morgan fingerprint density at radius 3 is 2.26 bits per heavy atom. The number of aromatic nitrogens is 1. The van der Waals surface area contributed by atoms with Crippen LogP contribution in [0.3, 0.4) is 0 Å². The van der Waals surface area contributed by atoms with Crippen molar-refractivity contribution >= 4 is 60.6 Å². The van der Waals surface area contributed by atoms with E-state index < -0.39 is 0 Å². The molecule has 0 spiro atoms. The highest BCUT2D eigenvalue weighted by Gasteiger charge is 2.39.